The Morgan fingerprint density at radius 2 is 1.76 bits per heavy atom. The van der Waals surface area contributed by atoms with Crippen LogP contribution in [0.4, 0.5) is 4.39 Å². The van der Waals surface area contributed by atoms with E-state index in [4.69, 9.17) is 4.74 Å². The van der Waals surface area contributed by atoms with Crippen molar-refractivity contribution in [2.24, 2.45) is 11.0 Å². The molecule has 0 bridgehead atoms. The van der Waals surface area contributed by atoms with Crippen LogP contribution in [0.3, 0.4) is 0 Å². The molecule has 1 saturated heterocycles. The third-order valence-electron chi connectivity index (χ3n) is 7.94. The van der Waals surface area contributed by atoms with E-state index in [1.807, 2.05) is 31.2 Å². The maximum atomic E-state index is 14.7. The van der Waals surface area contributed by atoms with Gasteiger partial charge in [0.2, 0.25) is 5.91 Å². The molecule has 0 unspecified atom stereocenters. The third-order valence-corrected chi connectivity index (χ3v) is 7.94. The number of carbonyl (C=O) groups excluding carboxylic acids is 2. The molecule has 2 aromatic rings. The van der Waals surface area contributed by atoms with Gasteiger partial charge in [0.25, 0.3) is 5.91 Å². The zero-order valence-corrected chi connectivity index (χ0v) is 22.2. The summed E-state index contributed by atoms with van der Waals surface area (Å²) in [6, 6.07) is 14.2. The summed E-state index contributed by atoms with van der Waals surface area (Å²) in [5.74, 6) is -0.549. The number of benzene rings is 2. The van der Waals surface area contributed by atoms with Gasteiger partial charge in [-0.1, -0.05) is 60.9 Å². The molecule has 1 saturated carbocycles. The topological polar surface area (TPSA) is 65.5 Å². The van der Waals surface area contributed by atoms with Crippen LogP contribution in [0.15, 0.2) is 53.6 Å². The van der Waals surface area contributed by atoms with Gasteiger partial charge >= 0.3 is 0 Å². The van der Waals surface area contributed by atoms with E-state index in [0.29, 0.717) is 44.0 Å². The van der Waals surface area contributed by atoms with E-state index in [9.17, 15) is 14.0 Å². The molecule has 7 nitrogen and oxygen atoms in total. The Balaban J connectivity index is 1.38. The van der Waals surface area contributed by atoms with Crippen LogP contribution in [0.2, 0.25) is 0 Å². The van der Waals surface area contributed by atoms with Crippen LogP contribution in [0.5, 0.6) is 0 Å². The molecule has 3 aliphatic rings. The van der Waals surface area contributed by atoms with E-state index < -0.39 is 0 Å². The lowest BCUT2D eigenvalue weighted by molar-refractivity contribution is -0.144. The predicted molar refractivity (Wildman–Crippen MR) is 144 cm³/mol. The summed E-state index contributed by atoms with van der Waals surface area (Å²) in [4.78, 5) is 31.4. The highest BCUT2D eigenvalue weighted by atomic mass is 19.1. The first-order valence-electron chi connectivity index (χ1n) is 13.8. The first-order valence-corrected chi connectivity index (χ1v) is 13.8. The van der Waals surface area contributed by atoms with Crippen LogP contribution in [-0.4, -0.2) is 78.3 Å². The lowest BCUT2D eigenvalue weighted by Gasteiger charge is -2.32. The molecule has 2 aliphatic heterocycles. The summed E-state index contributed by atoms with van der Waals surface area (Å²) in [6.45, 7) is 6.23. The zero-order valence-electron chi connectivity index (χ0n) is 22.2. The maximum Gasteiger partial charge on any atom is 0.262 e. The Morgan fingerprint density at radius 1 is 1.05 bits per heavy atom. The standard InChI is InChI=1S/C30H37FN4O3/c1-22-10-12-23(13-11-22)28-20-27(25-8-4-5-9-26(25)31)32-35(28)29(36)21-34(30(37)24-6-2-3-7-24)15-14-33-16-18-38-19-17-33/h4-5,8-13,24,28H,2-3,6-7,14-21H2,1H3/t28-/m1/s1. The first-order chi connectivity index (χ1) is 18.5. The molecule has 2 amide bonds. The molecule has 0 N–H and O–H groups in total. The van der Waals surface area contributed by atoms with Gasteiger partial charge in [-0.05, 0) is 31.4 Å². The van der Waals surface area contributed by atoms with Crippen molar-refractivity contribution in [2.45, 2.75) is 45.1 Å². The van der Waals surface area contributed by atoms with Gasteiger partial charge in [-0.25, -0.2) is 9.40 Å². The van der Waals surface area contributed by atoms with Gasteiger partial charge in [-0.15, -0.1) is 0 Å². The summed E-state index contributed by atoms with van der Waals surface area (Å²) in [5, 5.41) is 6.14. The number of hydrogen-bond acceptors (Lipinski definition) is 5. The minimum atomic E-state index is -0.355. The van der Waals surface area contributed by atoms with Crippen LogP contribution in [0, 0.1) is 18.7 Å². The van der Waals surface area contributed by atoms with Crippen molar-refractivity contribution < 1.29 is 18.7 Å². The molecule has 0 aromatic heterocycles. The second-order valence-corrected chi connectivity index (χ2v) is 10.6. The smallest absolute Gasteiger partial charge is 0.262 e. The highest BCUT2D eigenvalue weighted by molar-refractivity contribution is 6.03. The van der Waals surface area contributed by atoms with E-state index in [0.717, 1.165) is 49.9 Å². The Kier molecular flexibility index (Phi) is 8.49. The van der Waals surface area contributed by atoms with E-state index in [1.54, 1.807) is 23.1 Å². The lowest BCUT2D eigenvalue weighted by Crippen LogP contribution is -2.47. The molecule has 8 heteroatoms. The highest BCUT2D eigenvalue weighted by Crippen LogP contribution is 2.34. The largest absolute Gasteiger partial charge is 0.379 e. The monoisotopic (exact) mass is 520 g/mol. The Morgan fingerprint density at radius 3 is 2.47 bits per heavy atom. The van der Waals surface area contributed by atoms with Gasteiger partial charge < -0.3 is 9.64 Å². The zero-order chi connectivity index (χ0) is 26.5. The lowest BCUT2D eigenvalue weighted by atomic mass is 9.97. The van der Waals surface area contributed by atoms with E-state index >= 15 is 0 Å². The molecular weight excluding hydrogens is 483 g/mol. The number of ether oxygens (including phenoxy) is 1. The maximum absolute atomic E-state index is 14.7. The number of hydrazone groups is 1. The Hall–Kier alpha value is -3.10. The molecule has 2 fully saturated rings. The number of carbonyl (C=O) groups is 2. The van der Waals surface area contributed by atoms with Crippen molar-refractivity contribution >= 4 is 17.5 Å². The number of amides is 2. The minimum Gasteiger partial charge on any atom is -0.379 e. The minimum absolute atomic E-state index is 0.0172. The van der Waals surface area contributed by atoms with Gasteiger partial charge in [-0.2, -0.15) is 5.10 Å². The molecule has 2 aromatic carbocycles. The number of hydrogen-bond donors (Lipinski definition) is 0. The summed E-state index contributed by atoms with van der Waals surface area (Å²) < 4.78 is 20.1. The van der Waals surface area contributed by atoms with Crippen LogP contribution in [0.1, 0.15) is 54.8 Å². The van der Waals surface area contributed by atoms with Crippen molar-refractivity contribution in [1.82, 2.24) is 14.8 Å². The van der Waals surface area contributed by atoms with Crippen molar-refractivity contribution in [3.05, 3.63) is 71.0 Å². The van der Waals surface area contributed by atoms with Crippen molar-refractivity contribution in [2.75, 3.05) is 45.9 Å². The van der Waals surface area contributed by atoms with Gasteiger partial charge in [0.05, 0.1) is 25.0 Å². The Labute approximate surface area is 224 Å². The molecule has 1 aliphatic carbocycles. The van der Waals surface area contributed by atoms with Crippen molar-refractivity contribution in [3.8, 4) is 0 Å². The molecule has 0 radical (unpaired) electrons. The highest BCUT2D eigenvalue weighted by Gasteiger charge is 2.36. The quantitative estimate of drug-likeness (QED) is 0.524. The number of rotatable bonds is 8. The van der Waals surface area contributed by atoms with Crippen LogP contribution >= 0.6 is 0 Å². The van der Waals surface area contributed by atoms with Crippen LogP contribution in [0.25, 0.3) is 0 Å². The fourth-order valence-corrected chi connectivity index (χ4v) is 5.67. The average Bonchev–Trinajstić information content (AvgIpc) is 3.63. The fourth-order valence-electron chi connectivity index (χ4n) is 5.67. The van der Waals surface area contributed by atoms with Gasteiger partial charge in [0.15, 0.2) is 0 Å². The van der Waals surface area contributed by atoms with Crippen molar-refractivity contribution in [3.63, 3.8) is 0 Å². The summed E-state index contributed by atoms with van der Waals surface area (Å²) in [6.07, 6.45) is 4.29. The molecule has 1 atom stereocenters. The van der Waals surface area contributed by atoms with Crippen LogP contribution in [-0.2, 0) is 14.3 Å². The van der Waals surface area contributed by atoms with E-state index in [-0.39, 0.29) is 36.1 Å². The van der Waals surface area contributed by atoms with Crippen LogP contribution < -0.4 is 0 Å². The van der Waals surface area contributed by atoms with Crippen molar-refractivity contribution in [1.29, 1.82) is 0 Å². The normalized spacial score (nSPS) is 20.5. The summed E-state index contributed by atoms with van der Waals surface area (Å²) >= 11 is 0. The second-order valence-electron chi connectivity index (χ2n) is 10.6. The van der Waals surface area contributed by atoms with Gasteiger partial charge in [-0.3, -0.25) is 14.5 Å². The van der Waals surface area contributed by atoms with Gasteiger partial charge in [0, 0.05) is 44.1 Å². The predicted octanol–water partition coefficient (Wildman–Crippen LogP) is 4.16. The summed E-state index contributed by atoms with van der Waals surface area (Å²) in [5.41, 5.74) is 3.02. The molecule has 2 heterocycles. The SMILES string of the molecule is Cc1ccc([C@H]2CC(c3ccccc3F)=NN2C(=O)CN(CCN2CCOCC2)C(=O)C2CCCC2)cc1. The molecule has 202 valence electrons. The summed E-state index contributed by atoms with van der Waals surface area (Å²) in [7, 11) is 0. The number of morpholine rings is 1. The van der Waals surface area contributed by atoms with E-state index in [1.165, 1.54) is 11.1 Å². The van der Waals surface area contributed by atoms with Gasteiger partial charge in [0.1, 0.15) is 12.4 Å². The Bertz CT molecular complexity index is 1160. The molecule has 5 rings (SSSR count). The number of halogens is 1. The van der Waals surface area contributed by atoms with E-state index in [2.05, 4.69) is 10.0 Å². The first kappa shape index (κ1) is 26.5. The second kappa shape index (κ2) is 12.2. The molecule has 0 spiro atoms. The average molecular weight is 521 g/mol. The molecular formula is C30H37FN4O3. The third kappa shape index (κ3) is 6.13. The number of aryl methyl sites for hydroxylation is 1. The number of nitrogens with zero attached hydrogens (tertiary/aromatic N) is 4. The fraction of sp³-hybridized carbons (Fsp3) is 0.500. The molecule has 38 heavy (non-hydrogen) atoms.